The van der Waals surface area contributed by atoms with Gasteiger partial charge in [0.2, 0.25) is 0 Å². The molecule has 0 spiro atoms. The van der Waals surface area contributed by atoms with E-state index in [-0.39, 0.29) is 18.2 Å². The van der Waals surface area contributed by atoms with Gasteiger partial charge in [-0.05, 0) is 82.4 Å². The van der Waals surface area contributed by atoms with Gasteiger partial charge in [-0.1, -0.05) is 62.9 Å². The predicted molar refractivity (Wildman–Crippen MR) is 163 cm³/mol. The smallest absolute Gasteiger partial charge is 0.302 e. The first kappa shape index (κ1) is 29.7. The zero-order valence-electron chi connectivity index (χ0n) is 25.0. The van der Waals surface area contributed by atoms with Crippen molar-refractivity contribution in [2.75, 3.05) is 0 Å². The highest BCUT2D eigenvalue weighted by Gasteiger charge is 2.28. The summed E-state index contributed by atoms with van der Waals surface area (Å²) in [6.07, 6.45) is 12.2. The summed E-state index contributed by atoms with van der Waals surface area (Å²) in [5.74, 6) is 1.39. The van der Waals surface area contributed by atoms with E-state index in [1.807, 2.05) is 13.0 Å². The lowest BCUT2D eigenvalue weighted by molar-refractivity contribution is -0.147. The Kier molecular flexibility index (Phi) is 10.3. The van der Waals surface area contributed by atoms with Crippen molar-refractivity contribution in [2.45, 2.75) is 117 Å². The number of carbonyl (C=O) groups excluding carboxylic acids is 1. The number of fused-ring (bicyclic) bond motifs is 1. The van der Waals surface area contributed by atoms with E-state index in [0.29, 0.717) is 12.0 Å². The number of ether oxygens (including phenoxy) is 2. The Bertz CT molecular complexity index is 1310. The average Bonchev–Trinajstić information content (AvgIpc) is 3.55. The van der Waals surface area contributed by atoms with Gasteiger partial charge in [-0.3, -0.25) is 4.79 Å². The number of aromatic nitrogens is 1. The Hall–Kier alpha value is -3.26. The first-order chi connectivity index (χ1) is 19.4. The second-order valence-corrected chi connectivity index (χ2v) is 11.6. The van der Waals surface area contributed by atoms with Gasteiger partial charge in [0.15, 0.2) is 0 Å². The lowest BCUT2D eigenvalue weighted by atomic mass is 9.92. The van der Waals surface area contributed by atoms with E-state index in [4.69, 9.17) is 9.47 Å². The van der Waals surface area contributed by atoms with E-state index in [9.17, 15) is 10.1 Å². The van der Waals surface area contributed by atoms with E-state index >= 15 is 0 Å². The number of nitriles is 1. The van der Waals surface area contributed by atoms with E-state index < -0.39 is 0 Å². The Morgan fingerprint density at radius 3 is 2.30 bits per heavy atom. The second-order valence-electron chi connectivity index (χ2n) is 11.6. The quantitative estimate of drug-likeness (QED) is 0.253. The molecule has 2 aromatic carbocycles. The molecule has 2 saturated carbocycles. The molecule has 1 heterocycles. The third-order valence-corrected chi connectivity index (χ3v) is 8.64. The molecule has 0 radical (unpaired) electrons. The van der Waals surface area contributed by atoms with Crippen LogP contribution in [0, 0.1) is 24.2 Å². The molecular weight excluding hydrogens is 496 g/mol. The van der Waals surface area contributed by atoms with Gasteiger partial charge in [0.25, 0.3) is 0 Å². The van der Waals surface area contributed by atoms with Crippen molar-refractivity contribution in [3.05, 3.63) is 53.6 Å². The minimum Gasteiger partial charge on any atom is -0.490 e. The van der Waals surface area contributed by atoms with Crippen LogP contribution in [0.25, 0.3) is 22.2 Å². The maximum atomic E-state index is 10.6. The number of benzene rings is 2. The fourth-order valence-corrected chi connectivity index (χ4v) is 6.14. The van der Waals surface area contributed by atoms with Gasteiger partial charge >= 0.3 is 5.97 Å². The van der Waals surface area contributed by atoms with Gasteiger partial charge in [0, 0.05) is 24.4 Å². The van der Waals surface area contributed by atoms with Gasteiger partial charge in [-0.15, -0.1) is 0 Å². The summed E-state index contributed by atoms with van der Waals surface area (Å²) in [6.45, 7) is 9.95. The molecule has 0 saturated heterocycles. The lowest BCUT2D eigenvalue weighted by Gasteiger charge is -2.30. The summed E-state index contributed by atoms with van der Waals surface area (Å²) in [7, 11) is 0. The number of rotatable bonds is 9. The maximum absolute atomic E-state index is 10.6. The van der Waals surface area contributed by atoms with Gasteiger partial charge in [0.05, 0.1) is 22.9 Å². The van der Waals surface area contributed by atoms with Crippen LogP contribution in [0.5, 0.6) is 5.75 Å². The molecule has 2 aliphatic rings. The molecule has 5 nitrogen and oxygen atoms in total. The molecule has 214 valence electrons. The van der Waals surface area contributed by atoms with Crippen LogP contribution >= 0.6 is 0 Å². The van der Waals surface area contributed by atoms with Crippen LogP contribution in [-0.4, -0.2) is 22.7 Å². The van der Waals surface area contributed by atoms with Gasteiger partial charge < -0.3 is 14.0 Å². The topological polar surface area (TPSA) is 64.2 Å². The summed E-state index contributed by atoms with van der Waals surface area (Å²) in [5.41, 5.74) is 5.32. The summed E-state index contributed by atoms with van der Waals surface area (Å²) < 4.78 is 13.8. The molecular formula is C35H46N2O3. The fourth-order valence-electron chi connectivity index (χ4n) is 6.14. The summed E-state index contributed by atoms with van der Waals surface area (Å²) in [6, 6.07) is 17.8. The standard InChI is InChI=1S/C26H30N2O.C9H16O2/c1-4-7-21(5-2)29-22-14-15-23-24(17-27)26(19-12-10-18(3)11-13-19)28(25(23)16-22)20-8-6-9-20;1-7(11-8(2)10)9-5-3-4-6-9/h10-16,20-21H,4-9H2,1-3H3;7,9H,3-6H2,1-2H3. The molecule has 0 aliphatic heterocycles. The Morgan fingerprint density at radius 2 is 1.75 bits per heavy atom. The third kappa shape index (κ3) is 6.89. The number of hydrogen-bond acceptors (Lipinski definition) is 4. The van der Waals surface area contributed by atoms with Gasteiger partial charge in [0.1, 0.15) is 17.9 Å². The first-order valence-electron chi connectivity index (χ1n) is 15.3. The monoisotopic (exact) mass is 542 g/mol. The highest BCUT2D eigenvalue weighted by Crippen LogP contribution is 2.43. The largest absolute Gasteiger partial charge is 0.490 e. The van der Waals surface area contributed by atoms with Gasteiger partial charge in [-0.25, -0.2) is 0 Å². The van der Waals surface area contributed by atoms with Crippen LogP contribution in [0.2, 0.25) is 0 Å². The molecule has 1 aromatic heterocycles. The number of esters is 1. The third-order valence-electron chi connectivity index (χ3n) is 8.64. The zero-order valence-corrected chi connectivity index (χ0v) is 25.0. The van der Waals surface area contributed by atoms with E-state index in [0.717, 1.165) is 52.7 Å². The molecule has 3 aromatic rings. The van der Waals surface area contributed by atoms with Crippen LogP contribution in [0.4, 0.5) is 0 Å². The molecule has 0 bridgehead atoms. The van der Waals surface area contributed by atoms with Crippen LogP contribution in [0.1, 0.15) is 109 Å². The Balaban J connectivity index is 0.000000283. The second kappa shape index (κ2) is 13.9. The summed E-state index contributed by atoms with van der Waals surface area (Å²) in [5, 5.41) is 11.1. The highest BCUT2D eigenvalue weighted by atomic mass is 16.5. The lowest BCUT2D eigenvalue weighted by Crippen LogP contribution is -2.20. The normalized spacial score (nSPS) is 16.9. The molecule has 5 rings (SSSR count). The maximum Gasteiger partial charge on any atom is 0.302 e. The highest BCUT2D eigenvalue weighted by molar-refractivity contribution is 5.95. The van der Waals surface area contributed by atoms with Crippen molar-refractivity contribution >= 4 is 16.9 Å². The van der Waals surface area contributed by atoms with Crippen LogP contribution in [0.15, 0.2) is 42.5 Å². The number of nitrogens with zero attached hydrogens (tertiary/aromatic N) is 2. The van der Waals surface area contributed by atoms with E-state index in [1.54, 1.807) is 0 Å². The van der Waals surface area contributed by atoms with Crippen molar-refractivity contribution in [1.82, 2.24) is 4.57 Å². The van der Waals surface area contributed by atoms with Crippen molar-refractivity contribution in [2.24, 2.45) is 5.92 Å². The van der Waals surface area contributed by atoms with Crippen molar-refractivity contribution < 1.29 is 14.3 Å². The molecule has 2 unspecified atom stereocenters. The first-order valence-corrected chi connectivity index (χ1v) is 15.3. The number of carbonyl (C=O) groups is 1. The van der Waals surface area contributed by atoms with Crippen LogP contribution in [-0.2, 0) is 9.53 Å². The predicted octanol–water partition coefficient (Wildman–Crippen LogP) is 9.30. The molecule has 5 heteroatoms. The Labute approximate surface area is 240 Å². The van der Waals surface area contributed by atoms with Crippen LogP contribution < -0.4 is 4.74 Å². The van der Waals surface area contributed by atoms with Gasteiger partial charge in [-0.2, -0.15) is 5.26 Å². The molecule has 2 fully saturated rings. The molecule has 0 N–H and O–H groups in total. The van der Waals surface area contributed by atoms with E-state index in [2.05, 4.69) is 67.8 Å². The zero-order chi connectivity index (χ0) is 28.6. The van der Waals surface area contributed by atoms with Crippen LogP contribution in [0.3, 0.4) is 0 Å². The van der Waals surface area contributed by atoms with Crippen molar-refractivity contribution in [1.29, 1.82) is 5.26 Å². The molecule has 2 aliphatic carbocycles. The Morgan fingerprint density at radius 1 is 1.05 bits per heavy atom. The molecule has 0 amide bonds. The van der Waals surface area contributed by atoms with Crippen molar-refractivity contribution in [3.8, 4) is 23.1 Å². The minimum atomic E-state index is -0.149. The number of aryl methyl sites for hydroxylation is 1. The SMILES string of the molecule is CC(=O)OC(C)C1CCCC1.CCCC(CC)Oc1ccc2c(C#N)c(-c3ccc(C)cc3)n(C3CCC3)c2c1. The summed E-state index contributed by atoms with van der Waals surface area (Å²) in [4.78, 5) is 10.6. The average molecular weight is 543 g/mol. The minimum absolute atomic E-state index is 0.134. The number of hydrogen-bond donors (Lipinski definition) is 0. The fraction of sp³-hybridized carbons (Fsp3) is 0.543. The van der Waals surface area contributed by atoms with Crippen molar-refractivity contribution in [3.63, 3.8) is 0 Å². The van der Waals surface area contributed by atoms with E-state index in [1.165, 1.54) is 57.4 Å². The molecule has 2 atom stereocenters. The molecule has 40 heavy (non-hydrogen) atoms. The summed E-state index contributed by atoms with van der Waals surface area (Å²) >= 11 is 0.